The van der Waals surface area contributed by atoms with Crippen LogP contribution in [-0.4, -0.2) is 69.3 Å². The Hall–Kier alpha value is -3.96. The first-order valence-electron chi connectivity index (χ1n) is 14.0. The Kier molecular flexibility index (Phi) is 9.85. The predicted octanol–water partition coefficient (Wildman–Crippen LogP) is 5.27. The smallest absolute Gasteiger partial charge is 0.410 e. The molecule has 42 heavy (non-hydrogen) atoms. The van der Waals surface area contributed by atoms with Crippen molar-refractivity contribution in [1.29, 1.82) is 0 Å². The van der Waals surface area contributed by atoms with Crippen LogP contribution in [0.1, 0.15) is 66.2 Å². The first kappa shape index (κ1) is 31.0. The van der Waals surface area contributed by atoms with Gasteiger partial charge in [0.25, 0.3) is 0 Å². The second kappa shape index (κ2) is 13.3. The lowest BCUT2D eigenvalue weighted by molar-refractivity contribution is -0.117. The van der Waals surface area contributed by atoms with Crippen LogP contribution in [0, 0.1) is 6.92 Å². The monoisotopic (exact) mass is 594 g/mol. The van der Waals surface area contributed by atoms with Crippen LogP contribution < -0.4 is 10.2 Å². The third kappa shape index (κ3) is 8.07. The summed E-state index contributed by atoms with van der Waals surface area (Å²) in [4.78, 5) is 45.5. The highest BCUT2D eigenvalue weighted by atomic mass is 32.1. The molecule has 1 saturated heterocycles. The minimum Gasteiger partial charge on any atom is -0.477 e. The summed E-state index contributed by atoms with van der Waals surface area (Å²) in [6.07, 6.45) is 0.649. The Balaban J connectivity index is 1.37. The fourth-order valence-corrected chi connectivity index (χ4v) is 5.77. The van der Waals surface area contributed by atoms with Gasteiger partial charge in [-0.1, -0.05) is 53.8 Å². The van der Waals surface area contributed by atoms with Gasteiger partial charge in [0.15, 0.2) is 5.13 Å². The molecule has 1 fully saturated rings. The number of ether oxygens (including phenoxy) is 1. The second-order valence-corrected chi connectivity index (χ2v) is 12.3. The number of hydrogen-bond acceptors (Lipinski definition) is 8. The summed E-state index contributed by atoms with van der Waals surface area (Å²) in [6, 6.07) is 16.2. The number of aromatic carboxylic acids is 1. The van der Waals surface area contributed by atoms with E-state index < -0.39 is 29.8 Å². The summed E-state index contributed by atoms with van der Waals surface area (Å²) < 4.78 is 5.59. The third-order valence-corrected chi connectivity index (χ3v) is 8.08. The second-order valence-electron chi connectivity index (χ2n) is 11.4. The van der Waals surface area contributed by atoms with Gasteiger partial charge in [0, 0.05) is 18.8 Å². The summed E-state index contributed by atoms with van der Waals surface area (Å²) in [6.45, 7) is 8.15. The van der Waals surface area contributed by atoms with E-state index in [0.717, 1.165) is 28.9 Å². The zero-order chi connectivity index (χ0) is 30.4. The molecule has 0 saturated carbocycles. The van der Waals surface area contributed by atoms with E-state index >= 15 is 0 Å². The Bertz CT molecular complexity index is 1390. The van der Waals surface area contributed by atoms with Gasteiger partial charge >= 0.3 is 12.1 Å². The molecule has 224 valence electrons. The number of nitrogens with zero attached hydrogens (tertiary/aromatic N) is 3. The van der Waals surface area contributed by atoms with Crippen LogP contribution in [0.5, 0.6) is 0 Å². The number of hydrogen-bond donors (Lipinski definition) is 3. The Morgan fingerprint density at radius 1 is 1.14 bits per heavy atom. The van der Waals surface area contributed by atoms with Gasteiger partial charge in [0.05, 0.1) is 18.3 Å². The molecule has 10 nitrogen and oxygen atoms in total. The number of aliphatic hydroxyl groups excluding tert-OH is 1. The normalized spacial score (nSPS) is 15.7. The van der Waals surface area contributed by atoms with Gasteiger partial charge in [-0.15, -0.1) is 0 Å². The van der Waals surface area contributed by atoms with Crippen molar-refractivity contribution < 1.29 is 29.3 Å². The number of carboxylic acid groups (broad SMARTS) is 1. The van der Waals surface area contributed by atoms with E-state index in [1.807, 2.05) is 59.5 Å². The molecule has 1 unspecified atom stereocenters. The summed E-state index contributed by atoms with van der Waals surface area (Å²) in [5.41, 5.74) is 2.10. The number of amides is 2. The molecule has 0 bridgehead atoms. The first-order chi connectivity index (χ1) is 19.9. The van der Waals surface area contributed by atoms with E-state index in [9.17, 15) is 24.6 Å². The number of anilines is 2. The highest BCUT2D eigenvalue weighted by Crippen LogP contribution is 2.32. The van der Waals surface area contributed by atoms with Crippen molar-refractivity contribution in [2.75, 3.05) is 29.9 Å². The van der Waals surface area contributed by atoms with Gasteiger partial charge in [0.1, 0.15) is 16.5 Å². The van der Waals surface area contributed by atoms with Crippen LogP contribution in [0.15, 0.2) is 54.6 Å². The molecule has 3 aromatic rings. The van der Waals surface area contributed by atoms with E-state index in [1.165, 1.54) is 4.90 Å². The van der Waals surface area contributed by atoms with Crippen LogP contribution in [0.25, 0.3) is 0 Å². The molecular weight excluding hydrogens is 556 g/mol. The Morgan fingerprint density at radius 3 is 2.45 bits per heavy atom. The van der Waals surface area contributed by atoms with E-state index in [-0.39, 0.29) is 17.3 Å². The molecule has 1 aromatic heterocycles. The largest absolute Gasteiger partial charge is 0.477 e. The quantitative estimate of drug-likeness (QED) is 0.289. The van der Waals surface area contributed by atoms with Gasteiger partial charge < -0.3 is 30.1 Å². The number of thiazole rings is 1. The molecule has 4 rings (SSSR count). The molecule has 1 aliphatic heterocycles. The average molecular weight is 595 g/mol. The number of aryl methyl sites for hydroxylation is 1. The lowest BCUT2D eigenvalue weighted by Gasteiger charge is -2.29. The number of carbonyl (C=O) groups is 3. The van der Waals surface area contributed by atoms with Gasteiger partial charge in [-0.3, -0.25) is 4.79 Å². The molecule has 3 N–H and O–H groups in total. The number of nitrogens with one attached hydrogen (secondary N) is 1. The molecule has 2 heterocycles. The van der Waals surface area contributed by atoms with Crippen molar-refractivity contribution in [3.05, 3.63) is 76.3 Å². The highest BCUT2D eigenvalue weighted by Gasteiger charge is 2.33. The minimum absolute atomic E-state index is 0.0948. The number of aromatic nitrogens is 1. The highest BCUT2D eigenvalue weighted by molar-refractivity contribution is 7.17. The number of benzene rings is 2. The number of carboxylic acids is 1. The van der Waals surface area contributed by atoms with Crippen molar-refractivity contribution in [2.45, 2.75) is 64.7 Å². The molecule has 0 aliphatic carbocycles. The van der Waals surface area contributed by atoms with Crippen LogP contribution in [0.2, 0.25) is 0 Å². The van der Waals surface area contributed by atoms with Crippen LogP contribution in [0.4, 0.5) is 15.6 Å². The maximum absolute atomic E-state index is 13.2. The van der Waals surface area contributed by atoms with Gasteiger partial charge in [-0.2, -0.15) is 0 Å². The number of carbonyl (C=O) groups excluding carboxylic acids is 2. The minimum atomic E-state index is -1.02. The standard InChI is InChI=1S/C31H38N4O6S/c1-20-26(28(38)39)42-29(32-20)35-17-8-11-24(35)27(37)33-23-14-12-21(13-15-23)16-18-34(30(40)41-31(2,3)4)19-25(36)22-9-6-5-7-10-22/h5-7,9-10,12-15,24-25,36H,8,11,16-19H2,1-4H3,(H,33,37)(H,38,39)/t24-,25?/m0/s1. The van der Waals surface area contributed by atoms with Crippen molar-refractivity contribution in [1.82, 2.24) is 9.88 Å². The summed E-state index contributed by atoms with van der Waals surface area (Å²) in [7, 11) is 0. The fraction of sp³-hybridized carbons (Fsp3) is 0.419. The van der Waals surface area contributed by atoms with Crippen molar-refractivity contribution in [3.8, 4) is 0 Å². The molecule has 2 aromatic carbocycles. The number of rotatable bonds is 10. The van der Waals surface area contributed by atoms with E-state index in [4.69, 9.17) is 4.74 Å². The zero-order valence-electron chi connectivity index (χ0n) is 24.4. The molecule has 0 spiro atoms. The van der Waals surface area contributed by atoms with Crippen LogP contribution in [-0.2, 0) is 16.0 Å². The zero-order valence-corrected chi connectivity index (χ0v) is 25.2. The van der Waals surface area contributed by atoms with E-state index in [2.05, 4.69) is 10.3 Å². The summed E-state index contributed by atoms with van der Waals surface area (Å²) in [5, 5.41) is 23.6. The van der Waals surface area contributed by atoms with E-state index in [1.54, 1.807) is 27.7 Å². The SMILES string of the molecule is Cc1nc(N2CCC[C@H]2C(=O)Nc2ccc(CCN(CC(O)c3ccccc3)C(=O)OC(C)(C)C)cc2)sc1C(=O)O. The van der Waals surface area contributed by atoms with Crippen molar-refractivity contribution in [3.63, 3.8) is 0 Å². The van der Waals surface area contributed by atoms with E-state index in [0.29, 0.717) is 42.4 Å². The van der Waals surface area contributed by atoms with Crippen molar-refractivity contribution in [2.24, 2.45) is 0 Å². The number of aliphatic hydroxyl groups is 1. The van der Waals surface area contributed by atoms with Crippen LogP contribution >= 0.6 is 11.3 Å². The molecule has 2 atom stereocenters. The summed E-state index contributed by atoms with van der Waals surface area (Å²) in [5.74, 6) is -1.19. The Labute approximate surface area is 249 Å². The molecular formula is C31H38N4O6S. The van der Waals surface area contributed by atoms with Crippen molar-refractivity contribution >= 4 is 40.1 Å². The molecule has 11 heteroatoms. The Morgan fingerprint density at radius 2 is 1.83 bits per heavy atom. The van der Waals surface area contributed by atoms with Crippen LogP contribution in [0.3, 0.4) is 0 Å². The molecule has 0 radical (unpaired) electrons. The molecule has 2 amide bonds. The predicted molar refractivity (Wildman–Crippen MR) is 162 cm³/mol. The summed E-state index contributed by atoms with van der Waals surface area (Å²) >= 11 is 1.09. The maximum atomic E-state index is 13.2. The lowest BCUT2D eigenvalue weighted by atomic mass is 10.1. The first-order valence-corrected chi connectivity index (χ1v) is 14.8. The third-order valence-electron chi connectivity index (χ3n) is 6.90. The fourth-order valence-electron chi connectivity index (χ4n) is 4.79. The average Bonchev–Trinajstić information content (AvgIpc) is 3.58. The molecule has 1 aliphatic rings. The van der Waals surface area contributed by atoms with Gasteiger partial charge in [-0.05, 0) is 70.2 Å². The van der Waals surface area contributed by atoms with Gasteiger partial charge in [0.2, 0.25) is 5.91 Å². The lowest BCUT2D eigenvalue weighted by Crippen LogP contribution is -2.40. The van der Waals surface area contributed by atoms with Gasteiger partial charge in [-0.25, -0.2) is 14.6 Å². The topological polar surface area (TPSA) is 132 Å². The maximum Gasteiger partial charge on any atom is 0.410 e.